The summed E-state index contributed by atoms with van der Waals surface area (Å²) < 4.78 is 26.0. The van der Waals surface area contributed by atoms with Gasteiger partial charge < -0.3 is 18.9 Å². The van der Waals surface area contributed by atoms with E-state index in [0.29, 0.717) is 0 Å². The van der Waals surface area contributed by atoms with Crippen molar-refractivity contribution in [1.29, 1.82) is 0 Å². The van der Waals surface area contributed by atoms with Crippen LogP contribution in [0.5, 0.6) is 23.0 Å². The van der Waals surface area contributed by atoms with E-state index in [4.69, 9.17) is 18.9 Å². The number of hydrogen-bond donors (Lipinski definition) is 0. The second-order valence-corrected chi connectivity index (χ2v) is 31.0. The Balaban J connectivity index is 0.000000126. The summed E-state index contributed by atoms with van der Waals surface area (Å²) in [5.74, 6) is 3.39. The maximum absolute atomic E-state index is 5.66. The largest absolute Gasteiger partial charge is 0.497 e. The normalized spacial score (nSPS) is 11.9. The van der Waals surface area contributed by atoms with E-state index in [9.17, 15) is 0 Å². The predicted molar refractivity (Wildman–Crippen MR) is 475 cm³/mol. The second-order valence-electron chi connectivity index (χ2n) is 28.1. The number of benzene rings is 18. The van der Waals surface area contributed by atoms with Crippen LogP contribution in [0.4, 0.5) is 0 Å². The number of halogens is 3. The molecule has 0 saturated carbocycles. The fourth-order valence-electron chi connectivity index (χ4n) is 18.1. The number of hydrogen-bond acceptors (Lipinski definition) is 4. The van der Waals surface area contributed by atoms with Crippen LogP contribution in [0.3, 0.4) is 0 Å². The number of fused-ring (bicyclic) bond motifs is 14. The highest BCUT2D eigenvalue weighted by molar-refractivity contribution is 14.1. The van der Waals surface area contributed by atoms with Crippen molar-refractivity contribution in [3.8, 4) is 78.6 Å². The summed E-state index contributed by atoms with van der Waals surface area (Å²) in [6.45, 7) is 2.14. The molecule has 0 bridgehead atoms. The zero-order valence-corrected chi connectivity index (χ0v) is 65.0. The SMILES string of the molecule is COc1ccc(-c2c3c4ccc(Br)c5cccc(c3c(-c3ccc(OC)cc3)c3c6ccc(-c7cccc8ccccc78)c7cccc(c23)c76)c54)cc1.COc1ccc(-c2c3c4ccc(Br)c5cccc(c3c(-c3ccc(OC)cc3)c3c6ccc(I)c7cccc(c23)c76)c54)cc1.Cc1cccc2ccccc12. The smallest absolute Gasteiger partial charge is 0.118 e. The first-order valence-corrected chi connectivity index (χ1v) is 39.0. The van der Waals surface area contributed by atoms with Gasteiger partial charge in [0.1, 0.15) is 23.0 Å². The molecule has 0 amide bonds. The van der Waals surface area contributed by atoms with Gasteiger partial charge in [0.15, 0.2) is 0 Å². The Morgan fingerprint density at radius 2 is 0.481 bits per heavy atom. The molecule has 0 saturated heterocycles. The lowest BCUT2D eigenvalue weighted by Crippen LogP contribution is -1.89. The maximum Gasteiger partial charge on any atom is 0.118 e. The molecule has 0 fully saturated rings. The minimum Gasteiger partial charge on any atom is -0.497 e. The van der Waals surface area contributed by atoms with Gasteiger partial charge in [-0.25, -0.2) is 0 Å². The van der Waals surface area contributed by atoms with Gasteiger partial charge in [-0.1, -0.05) is 268 Å². The summed E-state index contributed by atoms with van der Waals surface area (Å²) in [6.07, 6.45) is 0. The zero-order chi connectivity index (χ0) is 72.7. The maximum atomic E-state index is 5.66. The van der Waals surface area contributed by atoms with E-state index in [2.05, 4.69) is 365 Å². The third kappa shape index (κ3) is 10.0. The first-order valence-electron chi connectivity index (χ1n) is 36.3. The van der Waals surface area contributed by atoms with Gasteiger partial charge in [0.05, 0.1) is 28.4 Å². The Labute approximate surface area is 654 Å². The van der Waals surface area contributed by atoms with Crippen molar-refractivity contribution in [2.24, 2.45) is 0 Å². The Morgan fingerprint density at radius 3 is 0.880 bits per heavy atom. The third-order valence-corrected chi connectivity index (χ3v) is 25.1. The van der Waals surface area contributed by atoms with E-state index in [1.807, 2.05) is 0 Å². The molecule has 22 aromatic carbocycles. The Kier molecular flexibility index (Phi) is 15.9. The van der Waals surface area contributed by atoms with Crippen LogP contribution in [0.15, 0.2) is 312 Å². The molecule has 0 spiro atoms. The number of methoxy groups -OCH3 is 4. The van der Waals surface area contributed by atoms with Crippen LogP contribution in [-0.2, 0) is 0 Å². The summed E-state index contributed by atoms with van der Waals surface area (Å²) in [4.78, 5) is 0. The monoisotopic (exact) mass is 1630 g/mol. The van der Waals surface area contributed by atoms with Crippen LogP contribution >= 0.6 is 54.5 Å². The third-order valence-electron chi connectivity index (χ3n) is 22.8. The van der Waals surface area contributed by atoms with Gasteiger partial charge in [0, 0.05) is 12.5 Å². The fourth-order valence-corrected chi connectivity index (χ4v) is 19.7. The lowest BCUT2D eigenvalue weighted by molar-refractivity contribution is 0.415. The van der Waals surface area contributed by atoms with E-state index in [-0.39, 0.29) is 0 Å². The lowest BCUT2D eigenvalue weighted by Gasteiger charge is -2.16. The average Bonchev–Trinajstić information content (AvgIpc) is 1.52. The molecule has 0 aliphatic heterocycles. The predicted octanol–water partition coefficient (Wildman–Crippen LogP) is 29.8. The van der Waals surface area contributed by atoms with Crippen LogP contribution < -0.4 is 18.9 Å². The van der Waals surface area contributed by atoms with E-state index in [0.717, 1.165) is 31.9 Å². The molecule has 0 heterocycles. The molecule has 0 N–H and O–H groups in total. The van der Waals surface area contributed by atoms with Crippen molar-refractivity contribution in [3.05, 3.63) is 321 Å². The quantitative estimate of drug-likeness (QED) is 0.135. The van der Waals surface area contributed by atoms with Crippen molar-refractivity contribution in [3.63, 3.8) is 0 Å². The molecule has 108 heavy (non-hydrogen) atoms. The lowest BCUT2D eigenvalue weighted by atomic mass is 9.87. The first kappa shape index (κ1) is 65.9. The van der Waals surface area contributed by atoms with Crippen molar-refractivity contribution in [2.45, 2.75) is 6.92 Å². The van der Waals surface area contributed by atoms with Gasteiger partial charge in [0.2, 0.25) is 0 Å². The molecule has 0 aromatic heterocycles. The summed E-state index contributed by atoms with van der Waals surface area (Å²) in [5, 5.41) is 35.9. The van der Waals surface area contributed by atoms with Gasteiger partial charge in [-0.2, -0.15) is 0 Å². The zero-order valence-electron chi connectivity index (χ0n) is 59.6. The summed E-state index contributed by atoms with van der Waals surface area (Å²) in [6, 6.07) is 110. The fraction of sp³-hybridized carbons (Fsp3) is 0.0495. The molecule has 0 aliphatic rings. The van der Waals surface area contributed by atoms with E-state index >= 15 is 0 Å². The van der Waals surface area contributed by atoms with Crippen molar-refractivity contribution < 1.29 is 18.9 Å². The molecule has 0 radical (unpaired) electrons. The summed E-state index contributed by atoms with van der Waals surface area (Å²) >= 11 is 10.3. The van der Waals surface area contributed by atoms with Crippen LogP contribution in [0.1, 0.15) is 5.56 Å². The highest BCUT2D eigenvalue weighted by atomic mass is 127. The highest BCUT2D eigenvalue weighted by Crippen LogP contribution is 2.59. The van der Waals surface area contributed by atoms with Crippen LogP contribution in [0.2, 0.25) is 0 Å². The molecular weight excluding hydrogens is 1560 g/mol. The van der Waals surface area contributed by atoms with Crippen molar-refractivity contribution in [1.82, 2.24) is 0 Å². The van der Waals surface area contributed by atoms with E-state index in [1.54, 1.807) is 28.4 Å². The number of ether oxygens (including phenoxy) is 4. The van der Waals surface area contributed by atoms with E-state index < -0.39 is 0 Å². The summed E-state index contributed by atoms with van der Waals surface area (Å²) in [5.41, 5.74) is 13.6. The Bertz CT molecular complexity index is 7000. The van der Waals surface area contributed by atoms with Crippen LogP contribution in [0.25, 0.3) is 206 Å². The van der Waals surface area contributed by atoms with Crippen molar-refractivity contribution >= 4 is 205 Å². The molecule has 7 heteroatoms. The van der Waals surface area contributed by atoms with Gasteiger partial charge in [-0.3, -0.25) is 0 Å². The minimum atomic E-state index is 0.844. The Morgan fingerprint density at radius 1 is 0.213 bits per heavy atom. The minimum absolute atomic E-state index is 0.844. The van der Waals surface area contributed by atoms with Gasteiger partial charge in [-0.05, 0) is 308 Å². The van der Waals surface area contributed by atoms with Gasteiger partial charge in [0.25, 0.3) is 0 Å². The van der Waals surface area contributed by atoms with Crippen LogP contribution in [-0.4, -0.2) is 28.4 Å². The van der Waals surface area contributed by atoms with Gasteiger partial charge in [-0.15, -0.1) is 0 Å². The van der Waals surface area contributed by atoms with Gasteiger partial charge >= 0.3 is 0 Å². The number of aryl methyl sites for hydroxylation is 1. The molecule has 0 aliphatic carbocycles. The molecule has 22 aromatic rings. The van der Waals surface area contributed by atoms with Crippen LogP contribution in [0, 0.1) is 10.5 Å². The molecular formula is C101H65Br2IO4. The first-order chi connectivity index (χ1) is 53.1. The molecule has 22 rings (SSSR count). The molecule has 514 valence electrons. The standard InChI is InChI=1S/C50H31BrO2.C40H24BrIO2.C11H10/c1-52-31-20-16-29(17-21-31)43-47-38-14-6-12-36-35(34-11-5-9-28-8-3-4-10-33(28)34)24-25-40(45(36)38)49(47)44(30-18-22-32(53-2)23-19-30)48-39-15-7-13-37-42(51)27-26-41(46(37)39)50(43)48;1-43-23-13-9-21(10-14-23)33-37-27-7-3-5-25-31(41)19-17-29(35(25)27)39(37)34(22-11-15-24(44-2)16-12-22)38-28-8-4-6-26-32(42)20-18-30(36(26)28)40(33)38;1-9-5-4-7-10-6-2-3-8-11(9)10/h3-27H,1-2H3;3-20H,1-2H3;2-8H,1H3. The Hall–Kier alpha value is -11.6. The van der Waals surface area contributed by atoms with Crippen molar-refractivity contribution in [2.75, 3.05) is 28.4 Å². The van der Waals surface area contributed by atoms with E-state index in [1.165, 1.54) is 216 Å². The molecule has 0 atom stereocenters. The second kappa shape index (κ2) is 26.1. The topological polar surface area (TPSA) is 36.9 Å². The molecule has 0 unspecified atom stereocenters. The summed E-state index contributed by atoms with van der Waals surface area (Å²) in [7, 11) is 6.91. The average molecular weight is 1630 g/mol. The highest BCUT2D eigenvalue weighted by Gasteiger charge is 2.31. The molecule has 4 nitrogen and oxygen atoms in total. The number of rotatable bonds is 9.